The molecule has 0 bridgehead atoms. The van der Waals surface area contributed by atoms with Crippen molar-refractivity contribution in [3.63, 3.8) is 0 Å². The molecular formula is C28H38O4. The first-order valence-corrected chi connectivity index (χ1v) is 11.6. The van der Waals surface area contributed by atoms with Gasteiger partial charge in [-0.15, -0.1) is 0 Å². The molecule has 0 atom stereocenters. The van der Waals surface area contributed by atoms with Gasteiger partial charge in [-0.3, -0.25) is 9.59 Å². The SMILES string of the molecule is CCCCCC=CCC=CCC=CCC=CCCCC(=O)Oc1ccc(C=O)cc1OC. The second-order valence-corrected chi connectivity index (χ2v) is 7.48. The fourth-order valence-corrected chi connectivity index (χ4v) is 2.94. The van der Waals surface area contributed by atoms with Crippen molar-refractivity contribution in [2.45, 2.75) is 71.1 Å². The smallest absolute Gasteiger partial charge is 0.311 e. The van der Waals surface area contributed by atoms with E-state index in [-0.39, 0.29) is 5.97 Å². The summed E-state index contributed by atoms with van der Waals surface area (Å²) in [6.45, 7) is 2.23. The topological polar surface area (TPSA) is 52.6 Å². The van der Waals surface area contributed by atoms with Crippen molar-refractivity contribution in [2.75, 3.05) is 7.11 Å². The lowest BCUT2D eigenvalue weighted by atomic mass is 10.2. The number of carbonyl (C=O) groups is 2. The first-order valence-electron chi connectivity index (χ1n) is 11.6. The van der Waals surface area contributed by atoms with Crippen LogP contribution < -0.4 is 9.47 Å². The second kappa shape index (κ2) is 18.9. The van der Waals surface area contributed by atoms with E-state index in [1.807, 2.05) is 0 Å². The summed E-state index contributed by atoms with van der Waals surface area (Å²) < 4.78 is 10.5. The Hall–Kier alpha value is -2.88. The van der Waals surface area contributed by atoms with Crippen LogP contribution >= 0.6 is 0 Å². The number of hydrogen-bond donors (Lipinski definition) is 0. The third-order valence-electron chi connectivity index (χ3n) is 4.76. The molecular weight excluding hydrogens is 400 g/mol. The van der Waals surface area contributed by atoms with Crippen LogP contribution in [0.15, 0.2) is 66.8 Å². The minimum absolute atomic E-state index is 0.307. The Balaban J connectivity index is 2.10. The molecule has 0 N–H and O–H groups in total. The normalized spacial score (nSPS) is 11.8. The molecule has 4 nitrogen and oxygen atoms in total. The highest BCUT2D eigenvalue weighted by Crippen LogP contribution is 2.28. The van der Waals surface area contributed by atoms with Gasteiger partial charge in [-0.2, -0.15) is 0 Å². The van der Waals surface area contributed by atoms with E-state index in [9.17, 15) is 9.59 Å². The highest BCUT2D eigenvalue weighted by Gasteiger charge is 2.10. The zero-order chi connectivity index (χ0) is 23.3. The van der Waals surface area contributed by atoms with Crippen LogP contribution in [0.3, 0.4) is 0 Å². The van der Waals surface area contributed by atoms with Crippen LogP contribution in [0.1, 0.15) is 81.5 Å². The molecule has 1 aromatic carbocycles. The van der Waals surface area contributed by atoms with Gasteiger partial charge in [0.15, 0.2) is 11.5 Å². The van der Waals surface area contributed by atoms with Gasteiger partial charge in [-0.25, -0.2) is 0 Å². The van der Waals surface area contributed by atoms with Crippen LogP contribution in [0.2, 0.25) is 0 Å². The quantitative estimate of drug-likeness (QED) is 0.0828. The van der Waals surface area contributed by atoms with Crippen molar-refractivity contribution in [3.05, 3.63) is 72.4 Å². The van der Waals surface area contributed by atoms with E-state index in [1.165, 1.54) is 32.8 Å². The number of hydrogen-bond acceptors (Lipinski definition) is 4. The Kier molecular flexibility index (Phi) is 16.0. The standard InChI is InChI=1S/C28H38O4/c1-3-4-5-6-7-8-9-10-11-12-13-14-15-16-17-18-19-20-28(30)32-26-22-21-25(24-29)23-27(26)31-2/h7-8,10-11,13-14,16-17,21-24H,3-6,9,12,15,18-20H2,1-2H3. The van der Waals surface area contributed by atoms with Crippen molar-refractivity contribution in [3.8, 4) is 11.5 Å². The molecule has 0 radical (unpaired) electrons. The van der Waals surface area contributed by atoms with Gasteiger partial charge in [-0.05, 0) is 63.1 Å². The fourth-order valence-electron chi connectivity index (χ4n) is 2.94. The van der Waals surface area contributed by atoms with Crippen molar-refractivity contribution in [1.82, 2.24) is 0 Å². The largest absolute Gasteiger partial charge is 0.493 e. The third-order valence-corrected chi connectivity index (χ3v) is 4.76. The van der Waals surface area contributed by atoms with Crippen molar-refractivity contribution in [2.24, 2.45) is 0 Å². The number of unbranched alkanes of at least 4 members (excludes halogenated alkanes) is 4. The summed E-state index contributed by atoms with van der Waals surface area (Å²) in [5.41, 5.74) is 0.474. The number of rotatable bonds is 17. The van der Waals surface area contributed by atoms with Gasteiger partial charge in [-0.1, -0.05) is 68.4 Å². The Bertz CT molecular complexity index is 772. The number of esters is 1. The van der Waals surface area contributed by atoms with E-state index in [1.54, 1.807) is 18.2 Å². The van der Waals surface area contributed by atoms with E-state index in [4.69, 9.17) is 9.47 Å². The first-order chi connectivity index (χ1) is 15.7. The highest BCUT2D eigenvalue weighted by molar-refractivity contribution is 5.78. The van der Waals surface area contributed by atoms with Crippen LogP contribution in [0.5, 0.6) is 11.5 Å². The van der Waals surface area contributed by atoms with Gasteiger partial charge < -0.3 is 9.47 Å². The van der Waals surface area contributed by atoms with Crippen LogP contribution in [0, 0.1) is 0 Å². The molecule has 0 unspecified atom stereocenters. The average Bonchev–Trinajstić information content (AvgIpc) is 2.81. The van der Waals surface area contributed by atoms with Gasteiger partial charge in [0.2, 0.25) is 0 Å². The molecule has 0 fully saturated rings. The molecule has 0 aliphatic carbocycles. The second-order valence-electron chi connectivity index (χ2n) is 7.48. The van der Waals surface area contributed by atoms with E-state index in [2.05, 4.69) is 55.5 Å². The highest BCUT2D eigenvalue weighted by atomic mass is 16.6. The van der Waals surface area contributed by atoms with E-state index in [0.717, 1.165) is 38.4 Å². The zero-order valence-corrected chi connectivity index (χ0v) is 19.6. The molecule has 0 saturated heterocycles. The van der Waals surface area contributed by atoms with E-state index >= 15 is 0 Å². The van der Waals surface area contributed by atoms with Crippen LogP contribution in [-0.4, -0.2) is 19.4 Å². The molecule has 0 amide bonds. The van der Waals surface area contributed by atoms with Gasteiger partial charge >= 0.3 is 5.97 Å². The number of benzene rings is 1. The molecule has 0 aliphatic heterocycles. The van der Waals surface area contributed by atoms with Gasteiger partial charge in [0.1, 0.15) is 6.29 Å². The average molecular weight is 439 g/mol. The van der Waals surface area contributed by atoms with Crippen molar-refractivity contribution >= 4 is 12.3 Å². The summed E-state index contributed by atoms with van der Waals surface area (Å²) >= 11 is 0. The first kappa shape index (κ1) is 27.2. The summed E-state index contributed by atoms with van der Waals surface area (Å²) in [7, 11) is 1.48. The lowest BCUT2D eigenvalue weighted by molar-refractivity contribution is -0.134. The Labute approximate surface area is 193 Å². The summed E-state index contributed by atoms with van der Waals surface area (Å²) in [4.78, 5) is 22.8. The van der Waals surface area contributed by atoms with E-state index < -0.39 is 0 Å². The predicted octanol–water partition coefficient (Wildman–Crippen LogP) is 7.56. The van der Waals surface area contributed by atoms with E-state index in [0.29, 0.717) is 23.5 Å². The number of methoxy groups -OCH3 is 1. The molecule has 0 aromatic heterocycles. The molecule has 0 heterocycles. The lowest BCUT2D eigenvalue weighted by Gasteiger charge is -2.09. The summed E-state index contributed by atoms with van der Waals surface area (Å²) in [6.07, 6.45) is 28.0. The minimum Gasteiger partial charge on any atom is -0.493 e. The predicted molar refractivity (Wildman–Crippen MR) is 132 cm³/mol. The fraction of sp³-hybridized carbons (Fsp3) is 0.429. The monoisotopic (exact) mass is 438 g/mol. The minimum atomic E-state index is -0.307. The third kappa shape index (κ3) is 13.4. The van der Waals surface area contributed by atoms with Gasteiger partial charge in [0.25, 0.3) is 0 Å². The van der Waals surface area contributed by atoms with Gasteiger partial charge in [0, 0.05) is 12.0 Å². The summed E-state index contributed by atoms with van der Waals surface area (Å²) in [5, 5.41) is 0. The molecule has 0 aliphatic rings. The Morgan fingerprint density at radius 1 is 0.812 bits per heavy atom. The summed E-state index contributed by atoms with van der Waals surface area (Å²) in [5.74, 6) is 0.405. The number of ether oxygens (including phenoxy) is 2. The molecule has 0 saturated carbocycles. The number of aldehydes is 1. The van der Waals surface area contributed by atoms with Crippen molar-refractivity contribution in [1.29, 1.82) is 0 Å². The Morgan fingerprint density at radius 3 is 1.97 bits per heavy atom. The molecule has 1 aromatic rings. The molecule has 32 heavy (non-hydrogen) atoms. The maximum absolute atomic E-state index is 12.0. The lowest BCUT2D eigenvalue weighted by Crippen LogP contribution is -2.08. The van der Waals surface area contributed by atoms with Crippen molar-refractivity contribution < 1.29 is 19.1 Å². The van der Waals surface area contributed by atoms with Crippen LogP contribution in [-0.2, 0) is 4.79 Å². The van der Waals surface area contributed by atoms with Crippen LogP contribution in [0.25, 0.3) is 0 Å². The zero-order valence-electron chi connectivity index (χ0n) is 19.6. The Morgan fingerprint density at radius 2 is 1.41 bits per heavy atom. The maximum Gasteiger partial charge on any atom is 0.311 e. The number of allylic oxidation sites excluding steroid dienone is 8. The number of carbonyl (C=O) groups excluding carboxylic acids is 2. The maximum atomic E-state index is 12.0. The molecule has 174 valence electrons. The molecule has 4 heteroatoms. The summed E-state index contributed by atoms with van der Waals surface area (Å²) in [6, 6.07) is 4.72. The molecule has 0 spiro atoms. The van der Waals surface area contributed by atoms with Gasteiger partial charge in [0.05, 0.1) is 7.11 Å². The molecule has 1 rings (SSSR count). The van der Waals surface area contributed by atoms with Crippen LogP contribution in [0.4, 0.5) is 0 Å².